The lowest BCUT2D eigenvalue weighted by molar-refractivity contribution is 0.607. The number of hydrogen-bond acceptors (Lipinski definition) is 5. The van der Waals surface area contributed by atoms with E-state index in [1.165, 1.54) is 24.3 Å². The standard InChI is InChI=1S/C27H31FN6/c1-3-4-7-18(2)25-16-32-27-26(30-11-10-19-14-31-23-9-6-5-8-22(19)23)33-24(17-34(25)27)20-12-21(28)15-29-13-20/h5-6,8-9,12-18,22-23,31H,3-4,7,10-11H2,1-2H3,(H,30,33). The first-order chi connectivity index (χ1) is 16.6. The summed E-state index contributed by atoms with van der Waals surface area (Å²) in [6.07, 6.45) is 21.9. The lowest BCUT2D eigenvalue weighted by atomic mass is 9.90. The number of allylic oxidation sites excluding steroid dienone is 2. The van der Waals surface area contributed by atoms with Gasteiger partial charge in [0.15, 0.2) is 11.5 Å². The molecule has 4 heterocycles. The number of aromatic nitrogens is 4. The highest BCUT2D eigenvalue weighted by Gasteiger charge is 2.26. The fourth-order valence-corrected chi connectivity index (χ4v) is 4.82. The Kier molecular flexibility index (Phi) is 6.43. The summed E-state index contributed by atoms with van der Waals surface area (Å²) in [5.41, 5.74) is 4.63. The van der Waals surface area contributed by atoms with E-state index in [4.69, 9.17) is 9.97 Å². The first-order valence-corrected chi connectivity index (χ1v) is 12.2. The Bertz CT molecular complexity index is 1260. The van der Waals surface area contributed by atoms with Gasteiger partial charge in [-0.1, -0.05) is 51.0 Å². The third-order valence-corrected chi connectivity index (χ3v) is 6.75. The number of rotatable bonds is 9. The first kappa shape index (κ1) is 22.3. The van der Waals surface area contributed by atoms with Gasteiger partial charge in [0.1, 0.15) is 5.82 Å². The van der Waals surface area contributed by atoms with E-state index >= 15 is 0 Å². The number of anilines is 1. The highest BCUT2D eigenvalue weighted by Crippen LogP contribution is 2.30. The van der Waals surface area contributed by atoms with Crippen LogP contribution >= 0.6 is 0 Å². The van der Waals surface area contributed by atoms with Crippen molar-refractivity contribution in [1.29, 1.82) is 0 Å². The van der Waals surface area contributed by atoms with E-state index in [1.54, 1.807) is 6.20 Å². The van der Waals surface area contributed by atoms with Gasteiger partial charge in [-0.2, -0.15) is 0 Å². The minimum Gasteiger partial charge on any atom is -0.384 e. The molecule has 0 saturated heterocycles. The van der Waals surface area contributed by atoms with Gasteiger partial charge in [-0.3, -0.25) is 9.38 Å². The van der Waals surface area contributed by atoms with Gasteiger partial charge in [0.25, 0.3) is 0 Å². The molecule has 0 spiro atoms. The lowest BCUT2D eigenvalue weighted by Crippen LogP contribution is -2.25. The maximum Gasteiger partial charge on any atom is 0.180 e. The van der Waals surface area contributed by atoms with Crippen molar-refractivity contribution in [3.63, 3.8) is 0 Å². The summed E-state index contributed by atoms with van der Waals surface area (Å²) in [5.74, 6) is 1.10. The molecule has 0 amide bonds. The molecule has 0 saturated carbocycles. The number of unbranched alkanes of at least 4 members (excludes halogenated alkanes) is 1. The van der Waals surface area contributed by atoms with E-state index in [2.05, 4.69) is 64.4 Å². The minimum absolute atomic E-state index is 0.355. The van der Waals surface area contributed by atoms with Crippen LogP contribution in [0.2, 0.25) is 0 Å². The number of hydrogen-bond donors (Lipinski definition) is 2. The summed E-state index contributed by atoms with van der Waals surface area (Å²) >= 11 is 0. The van der Waals surface area contributed by atoms with Crippen molar-refractivity contribution in [3.8, 4) is 11.3 Å². The Morgan fingerprint density at radius 2 is 2.09 bits per heavy atom. The van der Waals surface area contributed by atoms with Crippen LogP contribution in [0.3, 0.4) is 0 Å². The molecule has 0 aromatic carbocycles. The molecule has 2 aliphatic rings. The maximum atomic E-state index is 13.9. The van der Waals surface area contributed by atoms with Crippen LogP contribution in [-0.4, -0.2) is 31.9 Å². The molecule has 0 radical (unpaired) electrons. The Morgan fingerprint density at radius 1 is 1.21 bits per heavy atom. The summed E-state index contributed by atoms with van der Waals surface area (Å²) in [7, 11) is 0. The van der Waals surface area contributed by atoms with Crippen LogP contribution in [0.1, 0.15) is 51.1 Å². The van der Waals surface area contributed by atoms with Crippen molar-refractivity contribution >= 4 is 11.5 Å². The quantitative estimate of drug-likeness (QED) is 0.435. The van der Waals surface area contributed by atoms with E-state index in [0.717, 1.165) is 37.1 Å². The van der Waals surface area contributed by atoms with Gasteiger partial charge in [0.05, 0.1) is 17.9 Å². The Morgan fingerprint density at radius 3 is 2.94 bits per heavy atom. The molecule has 2 N–H and O–H groups in total. The second kappa shape index (κ2) is 9.79. The van der Waals surface area contributed by atoms with Gasteiger partial charge in [-0.05, 0) is 36.6 Å². The Balaban J connectivity index is 1.43. The molecule has 1 aliphatic carbocycles. The molecular weight excluding hydrogens is 427 g/mol. The zero-order valence-electron chi connectivity index (χ0n) is 19.7. The smallest absolute Gasteiger partial charge is 0.180 e. The minimum atomic E-state index is -0.374. The lowest BCUT2D eigenvalue weighted by Gasteiger charge is -2.19. The first-order valence-electron chi connectivity index (χ1n) is 12.2. The Hall–Kier alpha value is -3.48. The SMILES string of the molecule is CCCCC(C)c1cnc2c(NCCC3=CNC4C=CC=CC34)nc(-c3cncc(F)c3)cn12. The van der Waals surface area contributed by atoms with Crippen LogP contribution in [0.5, 0.6) is 0 Å². The van der Waals surface area contributed by atoms with Crippen molar-refractivity contribution in [2.24, 2.45) is 5.92 Å². The summed E-state index contributed by atoms with van der Waals surface area (Å²) in [6, 6.07) is 1.83. The van der Waals surface area contributed by atoms with E-state index in [1.807, 2.05) is 12.4 Å². The van der Waals surface area contributed by atoms with E-state index in [0.29, 0.717) is 35.0 Å². The average molecular weight is 459 g/mol. The average Bonchev–Trinajstić information content (AvgIpc) is 3.47. The van der Waals surface area contributed by atoms with E-state index < -0.39 is 0 Å². The van der Waals surface area contributed by atoms with Gasteiger partial charge in [0, 0.05) is 42.3 Å². The highest BCUT2D eigenvalue weighted by atomic mass is 19.1. The van der Waals surface area contributed by atoms with Crippen LogP contribution in [0.15, 0.2) is 66.9 Å². The highest BCUT2D eigenvalue weighted by molar-refractivity contribution is 5.69. The molecular formula is C27H31FN6. The zero-order valence-corrected chi connectivity index (χ0v) is 19.7. The molecule has 0 bridgehead atoms. The van der Waals surface area contributed by atoms with Crippen LogP contribution in [-0.2, 0) is 0 Å². The summed E-state index contributed by atoms with van der Waals surface area (Å²) in [6.45, 7) is 5.17. The predicted molar refractivity (Wildman–Crippen MR) is 134 cm³/mol. The zero-order chi connectivity index (χ0) is 23.5. The molecule has 1 aliphatic heterocycles. The molecule has 34 heavy (non-hydrogen) atoms. The maximum absolute atomic E-state index is 13.9. The molecule has 7 heteroatoms. The molecule has 6 nitrogen and oxygen atoms in total. The van der Waals surface area contributed by atoms with Crippen LogP contribution < -0.4 is 10.6 Å². The van der Waals surface area contributed by atoms with Gasteiger partial charge in [-0.25, -0.2) is 14.4 Å². The summed E-state index contributed by atoms with van der Waals surface area (Å²) < 4.78 is 16.0. The van der Waals surface area contributed by atoms with Crippen molar-refractivity contribution in [1.82, 2.24) is 24.7 Å². The Labute approximate surface area is 199 Å². The molecule has 176 valence electrons. The van der Waals surface area contributed by atoms with Gasteiger partial charge < -0.3 is 10.6 Å². The number of halogens is 1. The van der Waals surface area contributed by atoms with Crippen molar-refractivity contribution in [2.75, 3.05) is 11.9 Å². The monoisotopic (exact) mass is 458 g/mol. The fraction of sp³-hybridized carbons (Fsp3) is 0.370. The molecule has 3 aromatic rings. The normalized spacial score (nSPS) is 19.7. The molecule has 3 atom stereocenters. The van der Waals surface area contributed by atoms with Crippen molar-refractivity contribution < 1.29 is 4.39 Å². The molecule has 3 unspecified atom stereocenters. The van der Waals surface area contributed by atoms with Crippen molar-refractivity contribution in [2.45, 2.75) is 51.5 Å². The fourth-order valence-electron chi connectivity index (χ4n) is 4.82. The number of imidazole rings is 1. The van der Waals surface area contributed by atoms with E-state index in [-0.39, 0.29) is 5.82 Å². The number of pyridine rings is 1. The number of fused-ring (bicyclic) bond motifs is 2. The second-order valence-corrected chi connectivity index (χ2v) is 9.17. The number of nitrogens with zero attached hydrogens (tertiary/aromatic N) is 4. The van der Waals surface area contributed by atoms with Crippen LogP contribution in [0, 0.1) is 11.7 Å². The summed E-state index contributed by atoms with van der Waals surface area (Å²) in [5, 5.41) is 6.96. The molecule has 3 aromatic heterocycles. The van der Waals surface area contributed by atoms with Gasteiger partial charge >= 0.3 is 0 Å². The van der Waals surface area contributed by atoms with Crippen LogP contribution in [0.25, 0.3) is 16.9 Å². The third kappa shape index (κ3) is 4.47. The summed E-state index contributed by atoms with van der Waals surface area (Å²) in [4.78, 5) is 13.6. The topological polar surface area (TPSA) is 67.1 Å². The van der Waals surface area contributed by atoms with Crippen LogP contribution in [0.4, 0.5) is 10.2 Å². The van der Waals surface area contributed by atoms with Gasteiger partial charge in [-0.15, -0.1) is 0 Å². The second-order valence-electron chi connectivity index (χ2n) is 9.17. The largest absolute Gasteiger partial charge is 0.384 e. The number of nitrogens with one attached hydrogen (secondary N) is 2. The molecule has 0 fully saturated rings. The third-order valence-electron chi connectivity index (χ3n) is 6.75. The van der Waals surface area contributed by atoms with E-state index in [9.17, 15) is 4.39 Å². The molecule has 5 rings (SSSR count). The predicted octanol–water partition coefficient (Wildman–Crippen LogP) is 5.62. The van der Waals surface area contributed by atoms with Gasteiger partial charge in [0.2, 0.25) is 0 Å². The van der Waals surface area contributed by atoms with Crippen molar-refractivity contribution in [3.05, 3.63) is 78.4 Å².